The third-order valence-electron chi connectivity index (χ3n) is 8.78. The lowest BCUT2D eigenvalue weighted by atomic mass is 9.96. The van der Waals surface area contributed by atoms with Crippen LogP contribution in [0.5, 0.6) is 28.7 Å². The Morgan fingerprint density at radius 2 is 1.33 bits per heavy atom. The van der Waals surface area contributed by atoms with Crippen LogP contribution in [0.2, 0.25) is 0 Å². The molecule has 0 amide bonds. The number of phenols is 4. The van der Waals surface area contributed by atoms with E-state index in [4.69, 9.17) is 28.1 Å². The molecule has 288 valence electrons. The number of ether oxygens (including phenoxy) is 5. The van der Waals surface area contributed by atoms with Crippen molar-refractivity contribution in [1.82, 2.24) is 0 Å². The Hall–Kier alpha value is -5.28. The molecule has 2 aliphatic heterocycles. The number of carbonyl (C=O) groups excluding carboxylic acids is 1. The molecule has 0 radical (unpaired) electrons. The maximum absolute atomic E-state index is 14.1. The van der Waals surface area contributed by atoms with Crippen LogP contribution in [0.4, 0.5) is 0 Å². The van der Waals surface area contributed by atoms with Gasteiger partial charge in [-0.2, -0.15) is 0 Å². The van der Waals surface area contributed by atoms with Gasteiger partial charge >= 0.3 is 5.97 Å². The second-order valence-electron chi connectivity index (χ2n) is 12.4. The second kappa shape index (κ2) is 16.0. The van der Waals surface area contributed by atoms with Gasteiger partial charge in [0.2, 0.25) is 17.5 Å². The summed E-state index contributed by atoms with van der Waals surface area (Å²) in [5, 5.41) is 102. The first-order valence-corrected chi connectivity index (χ1v) is 16.4. The van der Waals surface area contributed by atoms with Crippen molar-refractivity contribution in [3.63, 3.8) is 0 Å². The Balaban J connectivity index is 1.45. The van der Waals surface area contributed by atoms with Gasteiger partial charge in [0.05, 0.1) is 13.2 Å². The number of fused-ring (bicyclic) bond motifs is 1. The Labute approximate surface area is 304 Å². The Morgan fingerprint density at radius 1 is 0.722 bits per heavy atom. The molecule has 0 spiro atoms. The van der Waals surface area contributed by atoms with E-state index in [-0.39, 0.29) is 28.4 Å². The van der Waals surface area contributed by atoms with Crippen LogP contribution in [0.3, 0.4) is 0 Å². The van der Waals surface area contributed by atoms with E-state index in [1.807, 2.05) is 0 Å². The zero-order chi connectivity index (χ0) is 38.8. The number of esters is 1. The summed E-state index contributed by atoms with van der Waals surface area (Å²) in [6, 6.07) is 12.8. The predicted octanol–water partition coefficient (Wildman–Crippen LogP) is -0.450. The van der Waals surface area contributed by atoms with Crippen LogP contribution in [0, 0.1) is 0 Å². The van der Waals surface area contributed by atoms with Crippen LogP contribution in [0.1, 0.15) is 5.56 Å². The quantitative estimate of drug-likeness (QED) is 0.0724. The van der Waals surface area contributed by atoms with Gasteiger partial charge in [0.1, 0.15) is 76.7 Å². The molecule has 18 heteroatoms. The number of aliphatic hydroxyl groups is 6. The Morgan fingerprint density at radius 3 is 1.98 bits per heavy atom. The molecule has 10 N–H and O–H groups in total. The van der Waals surface area contributed by atoms with Gasteiger partial charge in [0.15, 0.2) is 18.2 Å². The largest absolute Gasteiger partial charge is 0.508 e. The highest BCUT2D eigenvalue weighted by atomic mass is 16.7. The molecule has 3 aromatic carbocycles. The topological polar surface area (TPSA) is 296 Å². The van der Waals surface area contributed by atoms with E-state index < -0.39 is 109 Å². The van der Waals surface area contributed by atoms with Gasteiger partial charge in [-0.25, -0.2) is 4.79 Å². The smallest absolute Gasteiger partial charge is 0.331 e. The third-order valence-corrected chi connectivity index (χ3v) is 8.78. The van der Waals surface area contributed by atoms with Crippen molar-refractivity contribution < 1.29 is 84.0 Å². The summed E-state index contributed by atoms with van der Waals surface area (Å²) in [6.07, 6.45) is -16.1. The second-order valence-corrected chi connectivity index (χ2v) is 12.4. The molecule has 18 nitrogen and oxygen atoms in total. The van der Waals surface area contributed by atoms with Crippen molar-refractivity contribution in [3.05, 3.63) is 82.5 Å². The molecule has 2 saturated heterocycles. The van der Waals surface area contributed by atoms with E-state index in [1.165, 1.54) is 54.6 Å². The van der Waals surface area contributed by atoms with Crippen LogP contribution in [0.15, 0.2) is 76.0 Å². The zero-order valence-electron chi connectivity index (χ0n) is 27.9. The first-order valence-electron chi connectivity index (χ1n) is 16.4. The van der Waals surface area contributed by atoms with Gasteiger partial charge < -0.3 is 79.2 Å². The number of benzene rings is 3. The summed E-state index contributed by atoms with van der Waals surface area (Å²) in [5.74, 6) is -3.49. The van der Waals surface area contributed by atoms with Gasteiger partial charge in [-0.1, -0.05) is 12.1 Å². The van der Waals surface area contributed by atoms with E-state index in [0.29, 0.717) is 5.56 Å². The molecule has 10 unspecified atom stereocenters. The molecule has 0 bridgehead atoms. The number of hydrogen-bond donors (Lipinski definition) is 10. The van der Waals surface area contributed by atoms with Crippen LogP contribution in [0.25, 0.3) is 28.4 Å². The molecule has 2 aliphatic rings. The highest BCUT2D eigenvalue weighted by Crippen LogP contribution is 2.39. The number of aromatic hydroxyl groups is 4. The van der Waals surface area contributed by atoms with E-state index >= 15 is 0 Å². The van der Waals surface area contributed by atoms with Crippen LogP contribution in [-0.2, 0) is 23.7 Å². The van der Waals surface area contributed by atoms with Crippen LogP contribution in [-0.4, -0.2) is 132 Å². The molecule has 2 fully saturated rings. The van der Waals surface area contributed by atoms with Crippen molar-refractivity contribution in [3.8, 4) is 40.1 Å². The molecule has 4 aromatic rings. The average molecular weight is 757 g/mol. The van der Waals surface area contributed by atoms with Gasteiger partial charge in [0.25, 0.3) is 0 Å². The molecule has 0 aliphatic carbocycles. The van der Waals surface area contributed by atoms with E-state index in [1.54, 1.807) is 0 Å². The maximum atomic E-state index is 14.1. The third kappa shape index (κ3) is 7.82. The fraction of sp³-hybridized carbons (Fsp3) is 0.333. The van der Waals surface area contributed by atoms with Gasteiger partial charge in [-0.3, -0.25) is 4.79 Å². The molecule has 6 rings (SSSR count). The molecular formula is C36H36O18. The lowest BCUT2D eigenvalue weighted by molar-refractivity contribution is -0.353. The first-order chi connectivity index (χ1) is 25.8. The molecule has 10 atom stereocenters. The SMILES string of the molecule is O=C(C=Cc1ccc(O)cc1)OC1C(Oc2c(-c3ccc(O)cc3)oc3cc(O)cc(O)c3c2=O)OC(CO)C(O)C1OC1OC(CO)C(O)C(O)C1O. The zero-order valence-corrected chi connectivity index (χ0v) is 27.9. The minimum atomic E-state index is -2.00. The van der Waals surface area contributed by atoms with E-state index in [0.717, 1.165) is 18.2 Å². The number of hydrogen-bond acceptors (Lipinski definition) is 18. The van der Waals surface area contributed by atoms with Gasteiger partial charge in [0, 0.05) is 23.8 Å². The Bertz CT molecular complexity index is 2030. The maximum Gasteiger partial charge on any atom is 0.331 e. The van der Waals surface area contributed by atoms with Crippen molar-refractivity contribution in [2.24, 2.45) is 0 Å². The number of rotatable bonds is 10. The van der Waals surface area contributed by atoms with Crippen molar-refractivity contribution in [2.75, 3.05) is 13.2 Å². The summed E-state index contributed by atoms with van der Waals surface area (Å²) in [5.41, 5.74) is -0.744. The first kappa shape index (κ1) is 38.4. The summed E-state index contributed by atoms with van der Waals surface area (Å²) in [7, 11) is 0. The van der Waals surface area contributed by atoms with Crippen molar-refractivity contribution in [2.45, 2.75) is 61.4 Å². The summed E-state index contributed by atoms with van der Waals surface area (Å²) in [4.78, 5) is 27.4. The summed E-state index contributed by atoms with van der Waals surface area (Å²) < 4.78 is 34.8. The highest BCUT2D eigenvalue weighted by molar-refractivity contribution is 5.88. The van der Waals surface area contributed by atoms with Crippen molar-refractivity contribution in [1.29, 1.82) is 0 Å². The molecule has 1 aromatic heterocycles. The molecule has 3 heterocycles. The fourth-order valence-corrected chi connectivity index (χ4v) is 5.97. The van der Waals surface area contributed by atoms with Crippen LogP contribution >= 0.6 is 0 Å². The number of aliphatic hydroxyl groups excluding tert-OH is 6. The van der Waals surface area contributed by atoms with Crippen LogP contribution < -0.4 is 10.2 Å². The molecule has 54 heavy (non-hydrogen) atoms. The minimum absolute atomic E-state index is 0.0374. The predicted molar refractivity (Wildman–Crippen MR) is 181 cm³/mol. The number of phenolic OH excluding ortho intramolecular Hbond substituents is 4. The molecule has 0 saturated carbocycles. The standard InChI is InChI=1S/C36H36O18/c37-13-22-26(44)29(47)30(48)35(50-22)53-32-27(45)23(14-38)51-36(34(32)52-24(43)10-3-15-1-6-17(39)7-2-15)54-33-28(46)25-20(42)11-19(41)12-21(25)49-31(33)16-4-8-18(40)9-5-16/h1-12,22-23,26-27,29-30,32,34-42,44-45,47-48H,13-14H2. The lowest BCUT2D eigenvalue weighted by Gasteiger charge is -2.46. The fourth-order valence-electron chi connectivity index (χ4n) is 5.97. The van der Waals surface area contributed by atoms with Gasteiger partial charge in [-0.15, -0.1) is 0 Å². The number of carbonyl (C=O) groups is 1. The molecular weight excluding hydrogens is 720 g/mol. The van der Waals surface area contributed by atoms with E-state index in [9.17, 15) is 60.7 Å². The van der Waals surface area contributed by atoms with Crippen molar-refractivity contribution >= 4 is 23.0 Å². The summed E-state index contributed by atoms with van der Waals surface area (Å²) in [6.45, 7) is -1.76. The lowest BCUT2D eigenvalue weighted by Crippen LogP contribution is -2.66. The highest BCUT2D eigenvalue weighted by Gasteiger charge is 2.53. The normalized spacial score (nSPS) is 28.6. The monoisotopic (exact) mass is 756 g/mol. The minimum Gasteiger partial charge on any atom is -0.508 e. The Kier molecular flexibility index (Phi) is 11.4. The average Bonchev–Trinajstić information content (AvgIpc) is 3.14. The van der Waals surface area contributed by atoms with E-state index in [2.05, 4.69) is 0 Å². The van der Waals surface area contributed by atoms with Gasteiger partial charge in [-0.05, 0) is 48.0 Å². The summed E-state index contributed by atoms with van der Waals surface area (Å²) >= 11 is 0.